The Labute approximate surface area is 290 Å². The number of pyridine rings is 3. The Morgan fingerprint density at radius 1 is 0.520 bits per heavy atom. The van der Waals surface area contributed by atoms with Crippen LogP contribution in [-0.4, -0.2) is 33.0 Å². The van der Waals surface area contributed by atoms with Crippen molar-refractivity contribution in [3.8, 4) is 33.4 Å². The second-order valence-electron chi connectivity index (χ2n) is 12.1. The van der Waals surface area contributed by atoms with Crippen LogP contribution in [0, 0.1) is 0 Å². The monoisotopic (exact) mass is 645 g/mol. The van der Waals surface area contributed by atoms with E-state index in [1.807, 2.05) is 49.1 Å². The summed E-state index contributed by atoms with van der Waals surface area (Å²) in [7, 11) is 0. The molecule has 238 valence electrons. The summed E-state index contributed by atoms with van der Waals surface area (Å²) in [5.74, 6) is 0. The van der Waals surface area contributed by atoms with Crippen LogP contribution in [0.3, 0.4) is 0 Å². The topological polar surface area (TPSA) is 88.7 Å². The molecule has 3 N–H and O–H groups in total. The van der Waals surface area contributed by atoms with Crippen molar-refractivity contribution in [3.63, 3.8) is 0 Å². The van der Waals surface area contributed by atoms with Crippen LogP contribution in [-0.2, 0) is 0 Å². The minimum Gasteiger partial charge on any atom is -0.366 e. The van der Waals surface area contributed by atoms with Gasteiger partial charge in [0.05, 0.1) is 0 Å². The summed E-state index contributed by atoms with van der Waals surface area (Å²) in [4.78, 5) is 18.0. The van der Waals surface area contributed by atoms with Crippen molar-refractivity contribution in [3.05, 3.63) is 182 Å². The predicted molar refractivity (Wildman–Crippen MR) is 205 cm³/mol. The summed E-state index contributed by atoms with van der Waals surface area (Å²) in [6.45, 7) is 0.360. The first-order valence-electron chi connectivity index (χ1n) is 16.5. The Kier molecular flexibility index (Phi) is 8.40. The summed E-state index contributed by atoms with van der Waals surface area (Å²) in [6, 6.07) is 41.7. The summed E-state index contributed by atoms with van der Waals surface area (Å²) in [5.41, 5.74) is 13.0. The Morgan fingerprint density at radius 3 is 1.80 bits per heavy atom. The highest BCUT2D eigenvalue weighted by atomic mass is 15.0. The number of hydrogen-bond donors (Lipinski definition) is 2. The fraction of sp³-hybridized carbons (Fsp3) is 0.0227. The van der Waals surface area contributed by atoms with E-state index in [0.717, 1.165) is 72.4 Å². The minimum atomic E-state index is 0.360. The molecule has 0 saturated carbocycles. The van der Waals surface area contributed by atoms with Gasteiger partial charge >= 0.3 is 0 Å². The molecule has 0 saturated heterocycles. The van der Waals surface area contributed by atoms with Gasteiger partial charge in [0.25, 0.3) is 0 Å². The molecule has 0 radical (unpaired) electrons. The average Bonchev–Trinajstić information content (AvgIpc) is 3.19. The van der Waals surface area contributed by atoms with E-state index in [1.165, 1.54) is 5.39 Å². The van der Waals surface area contributed by atoms with Crippen molar-refractivity contribution >= 4 is 39.0 Å². The molecule has 3 aromatic heterocycles. The molecule has 0 fully saturated rings. The van der Waals surface area contributed by atoms with Crippen molar-refractivity contribution in [1.82, 2.24) is 15.0 Å². The van der Waals surface area contributed by atoms with Gasteiger partial charge in [-0.25, -0.2) is 0 Å². The largest absolute Gasteiger partial charge is 0.366 e. The molecule has 0 bridgehead atoms. The third-order valence-corrected chi connectivity index (χ3v) is 8.93. The number of aliphatic imine (C=N–C) groups is 1. The lowest BCUT2D eigenvalue weighted by atomic mass is 9.87. The van der Waals surface area contributed by atoms with Gasteiger partial charge in [-0.2, -0.15) is 0 Å². The van der Waals surface area contributed by atoms with Crippen molar-refractivity contribution in [1.29, 1.82) is 0 Å². The van der Waals surface area contributed by atoms with Crippen molar-refractivity contribution in [2.45, 2.75) is 0 Å². The van der Waals surface area contributed by atoms with Crippen molar-refractivity contribution in [2.24, 2.45) is 4.99 Å². The molecule has 6 heteroatoms. The molecule has 50 heavy (non-hydrogen) atoms. The zero-order valence-electron chi connectivity index (χ0n) is 27.2. The van der Waals surface area contributed by atoms with E-state index in [4.69, 9.17) is 10.4 Å². The third-order valence-electron chi connectivity index (χ3n) is 8.93. The highest BCUT2D eigenvalue weighted by Crippen LogP contribution is 2.32. The number of rotatable bonds is 8. The molecule has 0 unspecified atom stereocenters. The van der Waals surface area contributed by atoms with Crippen molar-refractivity contribution in [2.75, 3.05) is 12.0 Å². The van der Waals surface area contributed by atoms with Gasteiger partial charge in [-0.3, -0.25) is 25.4 Å². The molecular formula is C44H33N6+. The van der Waals surface area contributed by atoms with E-state index in [1.54, 1.807) is 12.4 Å². The smallest absolute Gasteiger partial charge is 0.223 e. The summed E-state index contributed by atoms with van der Waals surface area (Å²) < 4.78 is 0. The Morgan fingerprint density at radius 2 is 1.14 bits per heavy atom. The van der Waals surface area contributed by atoms with Gasteiger partial charge in [-0.1, -0.05) is 97.1 Å². The van der Waals surface area contributed by atoms with Gasteiger partial charge < -0.3 is 5.32 Å². The number of aromatic nitrogens is 3. The quantitative estimate of drug-likeness (QED) is 0.163. The number of nitrogens with zero attached hydrogens (tertiary/aromatic N) is 4. The first kappa shape index (κ1) is 30.5. The number of anilines is 1. The van der Waals surface area contributed by atoms with Crippen LogP contribution in [0.5, 0.6) is 0 Å². The summed E-state index contributed by atoms with van der Waals surface area (Å²) in [5, 5.41) is 12.6. The summed E-state index contributed by atoms with van der Waals surface area (Å²) >= 11 is 0. The molecule has 0 atom stereocenters. The van der Waals surface area contributed by atoms with Crippen LogP contribution >= 0.6 is 0 Å². The normalized spacial score (nSPS) is 13.6. The highest BCUT2D eigenvalue weighted by molar-refractivity contribution is 6.61. The van der Waals surface area contributed by atoms with Crippen LogP contribution < -0.4 is 10.7 Å². The average molecular weight is 646 g/mol. The van der Waals surface area contributed by atoms with Gasteiger partial charge in [-0.05, 0) is 80.2 Å². The van der Waals surface area contributed by atoms with E-state index in [0.29, 0.717) is 12.4 Å². The third kappa shape index (κ3) is 6.38. The highest BCUT2D eigenvalue weighted by Gasteiger charge is 2.24. The minimum absolute atomic E-state index is 0.360. The van der Waals surface area contributed by atoms with Gasteiger partial charge in [0.2, 0.25) is 5.71 Å². The number of hydrogen-bond acceptors (Lipinski definition) is 5. The molecule has 3 heterocycles. The standard InChI is InChI=1S/C44H32N6/c45-43-24-38(32-11-9-30(10-12-32)35-6-3-21-46-25-35)23-41(33-15-13-31(14-16-33)36-7-4-22-47-26-36)44(43)50-29-49-39-19-17-34(18-20-39)42-28-48-27-37-5-1-2-8-40(37)42/h1-28,45,49H,29H2/p+1. The van der Waals surface area contributed by atoms with Gasteiger partial charge in [0.15, 0.2) is 0 Å². The first-order valence-corrected chi connectivity index (χ1v) is 16.5. The van der Waals surface area contributed by atoms with E-state index in [2.05, 4.69) is 129 Å². The molecule has 8 rings (SSSR count). The number of nitrogens with one attached hydrogen (secondary N) is 1. The molecule has 0 aliphatic heterocycles. The lowest BCUT2D eigenvalue weighted by Crippen LogP contribution is -2.45. The number of nitrogens with two attached hydrogens (primary N) is 1. The molecule has 1 aliphatic carbocycles. The van der Waals surface area contributed by atoms with Crippen LogP contribution in [0.25, 0.3) is 55.3 Å². The summed E-state index contributed by atoms with van der Waals surface area (Å²) in [6.07, 6.45) is 15.3. The second kappa shape index (κ2) is 13.7. The van der Waals surface area contributed by atoms with Gasteiger partial charge in [0.1, 0.15) is 12.4 Å². The van der Waals surface area contributed by atoms with Gasteiger partial charge in [0, 0.05) is 65.5 Å². The van der Waals surface area contributed by atoms with Gasteiger partial charge in [-0.15, -0.1) is 0 Å². The predicted octanol–water partition coefficient (Wildman–Crippen LogP) is 8.22. The Hall–Kier alpha value is -6.79. The number of fused-ring (bicyclic) bond motifs is 1. The maximum Gasteiger partial charge on any atom is 0.223 e. The first-order chi connectivity index (χ1) is 24.7. The second-order valence-corrected chi connectivity index (χ2v) is 12.1. The van der Waals surface area contributed by atoms with Crippen molar-refractivity contribution < 1.29 is 5.41 Å². The zero-order chi connectivity index (χ0) is 33.7. The fourth-order valence-electron chi connectivity index (χ4n) is 6.31. The van der Waals surface area contributed by atoms with Crippen LogP contribution in [0.15, 0.2) is 176 Å². The Balaban J connectivity index is 1.07. The van der Waals surface area contributed by atoms with Crippen LogP contribution in [0.2, 0.25) is 0 Å². The van der Waals surface area contributed by atoms with Crippen LogP contribution in [0.4, 0.5) is 5.69 Å². The maximum atomic E-state index is 6.80. The zero-order valence-corrected chi connectivity index (χ0v) is 27.2. The van der Waals surface area contributed by atoms with E-state index < -0.39 is 0 Å². The Bertz CT molecular complexity index is 2390. The molecular weight excluding hydrogens is 613 g/mol. The lowest BCUT2D eigenvalue weighted by molar-refractivity contribution is -0.108. The number of allylic oxidation sites excluding steroid dienone is 4. The van der Waals surface area contributed by atoms with E-state index >= 15 is 0 Å². The molecule has 0 spiro atoms. The van der Waals surface area contributed by atoms with E-state index in [9.17, 15) is 0 Å². The molecule has 0 amide bonds. The molecule has 7 aromatic rings. The fourth-order valence-corrected chi connectivity index (χ4v) is 6.31. The molecule has 1 aliphatic rings. The molecule has 4 aromatic carbocycles. The molecule has 6 nitrogen and oxygen atoms in total. The lowest BCUT2D eigenvalue weighted by Gasteiger charge is -2.17. The van der Waals surface area contributed by atoms with E-state index in [-0.39, 0.29) is 0 Å². The SMILES string of the molecule is [NH2+]=C1C=C(c2ccc(-c3cccnc3)cc2)C=C(c2ccc(-c3cccnc3)cc2)C1=NCNc1ccc(-c2cncc3ccccc23)cc1. The maximum absolute atomic E-state index is 6.80. The number of benzene rings is 4. The van der Waals surface area contributed by atoms with Crippen LogP contribution in [0.1, 0.15) is 11.1 Å².